The number of carbonyl (C=O) groups excluding carboxylic acids is 2. The molecule has 5 nitrogen and oxygen atoms in total. The van der Waals surface area contributed by atoms with Crippen molar-refractivity contribution >= 4 is 23.7 Å². The number of carbonyl (C=O) groups is 2. The molecule has 3 aromatic carbocycles. The van der Waals surface area contributed by atoms with Crippen LogP contribution in [-0.4, -0.2) is 18.0 Å². The molecule has 0 aliphatic heterocycles. The zero-order chi connectivity index (χ0) is 19.9. The molecule has 140 valence electrons. The first-order valence-electron chi connectivity index (χ1n) is 8.58. The third kappa shape index (κ3) is 5.11. The van der Waals surface area contributed by atoms with Gasteiger partial charge in [-0.05, 0) is 61.0 Å². The summed E-state index contributed by atoms with van der Waals surface area (Å²) in [7, 11) is 0. The summed E-state index contributed by atoms with van der Waals surface area (Å²) >= 11 is 0. The van der Waals surface area contributed by atoms with Crippen molar-refractivity contribution in [1.82, 2.24) is 5.43 Å². The van der Waals surface area contributed by atoms with Crippen molar-refractivity contribution in [2.75, 3.05) is 5.32 Å². The molecule has 0 atom stereocenters. The number of amides is 2. The third-order valence-corrected chi connectivity index (χ3v) is 3.97. The Bertz CT molecular complexity index is 995. The van der Waals surface area contributed by atoms with Crippen LogP contribution in [0.2, 0.25) is 0 Å². The highest BCUT2D eigenvalue weighted by atomic mass is 19.1. The molecule has 28 heavy (non-hydrogen) atoms. The maximum Gasteiger partial charge on any atom is 0.271 e. The van der Waals surface area contributed by atoms with E-state index in [-0.39, 0.29) is 11.8 Å². The van der Waals surface area contributed by atoms with Crippen LogP contribution in [0.1, 0.15) is 31.8 Å². The number of halogens is 1. The number of hydrogen-bond acceptors (Lipinski definition) is 3. The van der Waals surface area contributed by atoms with E-state index in [1.165, 1.54) is 24.3 Å². The van der Waals surface area contributed by atoms with Gasteiger partial charge < -0.3 is 5.32 Å². The van der Waals surface area contributed by atoms with E-state index in [1.54, 1.807) is 30.5 Å². The van der Waals surface area contributed by atoms with Crippen LogP contribution < -0.4 is 10.7 Å². The van der Waals surface area contributed by atoms with Gasteiger partial charge in [-0.2, -0.15) is 5.10 Å². The van der Waals surface area contributed by atoms with Gasteiger partial charge in [-0.25, -0.2) is 9.82 Å². The van der Waals surface area contributed by atoms with Crippen molar-refractivity contribution in [3.8, 4) is 0 Å². The maximum atomic E-state index is 12.9. The molecule has 6 heteroatoms. The van der Waals surface area contributed by atoms with Crippen LogP contribution in [0.15, 0.2) is 77.9 Å². The summed E-state index contributed by atoms with van der Waals surface area (Å²) in [4.78, 5) is 24.2. The van der Waals surface area contributed by atoms with Crippen LogP contribution in [0.25, 0.3) is 0 Å². The number of nitrogens with one attached hydrogen (secondary N) is 2. The third-order valence-electron chi connectivity index (χ3n) is 3.97. The predicted molar refractivity (Wildman–Crippen MR) is 107 cm³/mol. The standard InChI is InChI=1S/C22H18FN3O2/c1-15-2-4-16(5-3-15)14-24-26-22(28)18-8-12-20(13-9-18)25-21(27)17-6-10-19(23)11-7-17/h2-14H,1H3,(H,25,27)(H,26,28). The van der Waals surface area contributed by atoms with Gasteiger partial charge in [0.05, 0.1) is 6.21 Å². The van der Waals surface area contributed by atoms with Crippen molar-refractivity contribution in [3.63, 3.8) is 0 Å². The fourth-order valence-electron chi connectivity index (χ4n) is 2.39. The molecule has 0 radical (unpaired) electrons. The summed E-state index contributed by atoms with van der Waals surface area (Å²) in [6.07, 6.45) is 1.56. The summed E-state index contributed by atoms with van der Waals surface area (Å²) in [5.41, 5.74) is 5.75. The lowest BCUT2D eigenvalue weighted by Crippen LogP contribution is -2.17. The number of hydrogen-bond donors (Lipinski definition) is 2. The van der Waals surface area contributed by atoms with E-state index in [1.807, 2.05) is 31.2 Å². The highest BCUT2D eigenvalue weighted by Gasteiger charge is 2.08. The average molecular weight is 375 g/mol. The normalized spacial score (nSPS) is 10.6. The molecule has 3 rings (SSSR count). The molecule has 0 aliphatic carbocycles. The van der Waals surface area contributed by atoms with Crippen molar-refractivity contribution in [1.29, 1.82) is 0 Å². The first kappa shape index (κ1) is 19.0. The quantitative estimate of drug-likeness (QED) is 0.519. The molecule has 0 unspecified atom stereocenters. The largest absolute Gasteiger partial charge is 0.322 e. The SMILES string of the molecule is Cc1ccc(C=NNC(=O)c2ccc(NC(=O)c3ccc(F)cc3)cc2)cc1. The van der Waals surface area contributed by atoms with E-state index in [9.17, 15) is 14.0 Å². The van der Waals surface area contributed by atoms with Crippen LogP contribution in [0, 0.1) is 12.7 Å². The van der Waals surface area contributed by atoms with Crippen molar-refractivity contribution in [2.24, 2.45) is 5.10 Å². The number of nitrogens with zero attached hydrogens (tertiary/aromatic N) is 1. The van der Waals surface area contributed by atoms with Crippen LogP contribution in [0.5, 0.6) is 0 Å². The van der Waals surface area contributed by atoms with Crippen LogP contribution in [0.3, 0.4) is 0 Å². The molecule has 0 heterocycles. The van der Waals surface area contributed by atoms with Gasteiger partial charge in [0.25, 0.3) is 11.8 Å². The number of rotatable bonds is 5. The monoisotopic (exact) mass is 375 g/mol. The fourth-order valence-corrected chi connectivity index (χ4v) is 2.39. The van der Waals surface area contributed by atoms with Crippen molar-refractivity contribution in [3.05, 3.63) is 101 Å². The molecular weight excluding hydrogens is 357 g/mol. The van der Waals surface area contributed by atoms with Crippen LogP contribution in [-0.2, 0) is 0 Å². The molecular formula is C22H18FN3O2. The first-order valence-corrected chi connectivity index (χ1v) is 8.58. The van der Waals surface area contributed by atoms with Crippen LogP contribution >= 0.6 is 0 Å². The molecule has 0 spiro atoms. The Balaban J connectivity index is 1.57. The van der Waals surface area contributed by atoms with Gasteiger partial charge in [0, 0.05) is 16.8 Å². The smallest absolute Gasteiger partial charge is 0.271 e. The zero-order valence-electron chi connectivity index (χ0n) is 15.1. The van der Waals surface area contributed by atoms with Gasteiger partial charge in [-0.3, -0.25) is 9.59 Å². The number of hydrazone groups is 1. The second-order valence-corrected chi connectivity index (χ2v) is 6.15. The Kier molecular flexibility index (Phi) is 5.91. The summed E-state index contributed by atoms with van der Waals surface area (Å²) in [5, 5.41) is 6.63. The molecule has 2 N–H and O–H groups in total. The molecule has 2 amide bonds. The van der Waals surface area contributed by atoms with Gasteiger partial charge >= 0.3 is 0 Å². The lowest BCUT2D eigenvalue weighted by molar-refractivity contribution is 0.0954. The molecule has 0 saturated heterocycles. The predicted octanol–water partition coefficient (Wildman–Crippen LogP) is 4.15. The average Bonchev–Trinajstić information content (AvgIpc) is 2.70. The first-order chi connectivity index (χ1) is 13.5. The number of anilines is 1. The highest BCUT2D eigenvalue weighted by molar-refractivity contribution is 6.04. The Morgan fingerprint density at radius 1 is 0.821 bits per heavy atom. The second-order valence-electron chi connectivity index (χ2n) is 6.15. The minimum absolute atomic E-state index is 0.341. The molecule has 0 aliphatic rings. The van der Waals surface area contributed by atoms with Gasteiger partial charge in [-0.15, -0.1) is 0 Å². The Morgan fingerprint density at radius 2 is 1.39 bits per heavy atom. The van der Waals surface area contributed by atoms with E-state index < -0.39 is 5.82 Å². The lowest BCUT2D eigenvalue weighted by Gasteiger charge is -2.06. The molecule has 0 saturated carbocycles. The number of aryl methyl sites for hydroxylation is 1. The molecule has 0 bridgehead atoms. The zero-order valence-corrected chi connectivity index (χ0v) is 15.1. The Hall–Kier alpha value is -3.80. The lowest BCUT2D eigenvalue weighted by atomic mass is 10.1. The highest BCUT2D eigenvalue weighted by Crippen LogP contribution is 2.12. The van der Waals surface area contributed by atoms with E-state index in [0.717, 1.165) is 11.1 Å². The Labute approximate surface area is 161 Å². The van der Waals surface area contributed by atoms with Gasteiger partial charge in [0.15, 0.2) is 0 Å². The molecule has 0 fully saturated rings. The van der Waals surface area contributed by atoms with Crippen LogP contribution in [0.4, 0.5) is 10.1 Å². The number of benzene rings is 3. The Morgan fingerprint density at radius 3 is 2.04 bits per heavy atom. The van der Waals surface area contributed by atoms with Crippen molar-refractivity contribution in [2.45, 2.75) is 6.92 Å². The summed E-state index contributed by atoms with van der Waals surface area (Å²) in [6, 6.07) is 19.4. The summed E-state index contributed by atoms with van der Waals surface area (Å²) < 4.78 is 12.9. The van der Waals surface area contributed by atoms with E-state index in [0.29, 0.717) is 16.8 Å². The summed E-state index contributed by atoms with van der Waals surface area (Å²) in [5.74, 6) is -1.13. The van der Waals surface area contributed by atoms with Gasteiger partial charge in [0.2, 0.25) is 0 Å². The minimum Gasteiger partial charge on any atom is -0.322 e. The summed E-state index contributed by atoms with van der Waals surface area (Å²) in [6.45, 7) is 1.99. The topological polar surface area (TPSA) is 70.6 Å². The molecule has 0 aromatic heterocycles. The second kappa shape index (κ2) is 8.73. The van der Waals surface area contributed by atoms with Gasteiger partial charge in [0.1, 0.15) is 5.82 Å². The van der Waals surface area contributed by atoms with E-state index in [4.69, 9.17) is 0 Å². The molecule has 3 aromatic rings. The maximum absolute atomic E-state index is 12.9. The van der Waals surface area contributed by atoms with Gasteiger partial charge in [-0.1, -0.05) is 29.8 Å². The minimum atomic E-state index is -0.406. The van der Waals surface area contributed by atoms with Crippen molar-refractivity contribution < 1.29 is 14.0 Å². The van der Waals surface area contributed by atoms with E-state index in [2.05, 4.69) is 15.8 Å². The van der Waals surface area contributed by atoms with E-state index >= 15 is 0 Å². The fraction of sp³-hybridized carbons (Fsp3) is 0.0455.